The molecule has 0 aromatic carbocycles. The van der Waals surface area contributed by atoms with E-state index in [9.17, 15) is 5.11 Å². The van der Waals surface area contributed by atoms with Gasteiger partial charge in [-0.2, -0.15) is 0 Å². The Kier molecular flexibility index (Phi) is 1.08. The lowest BCUT2D eigenvalue weighted by molar-refractivity contribution is 0.108. The SMILES string of the molecule is N[C@H]1C[C@H]2C[C@@H]1C[C@@H]2O. The van der Waals surface area contributed by atoms with Gasteiger partial charge in [-0.05, 0) is 31.1 Å². The molecule has 0 unspecified atom stereocenters. The number of hydrogen-bond donors (Lipinski definition) is 2. The molecule has 0 saturated heterocycles. The van der Waals surface area contributed by atoms with Gasteiger partial charge in [-0.25, -0.2) is 0 Å². The van der Waals surface area contributed by atoms with Gasteiger partial charge in [0.25, 0.3) is 0 Å². The van der Waals surface area contributed by atoms with Crippen LogP contribution in [-0.2, 0) is 0 Å². The maximum Gasteiger partial charge on any atom is 0.0572 e. The van der Waals surface area contributed by atoms with Gasteiger partial charge in [0.1, 0.15) is 0 Å². The summed E-state index contributed by atoms with van der Waals surface area (Å²) in [6.07, 6.45) is 3.19. The van der Waals surface area contributed by atoms with E-state index in [0.29, 0.717) is 17.9 Å². The Morgan fingerprint density at radius 1 is 1.11 bits per heavy atom. The molecule has 0 spiro atoms. The van der Waals surface area contributed by atoms with Gasteiger partial charge in [0, 0.05) is 6.04 Å². The Morgan fingerprint density at radius 3 is 2.22 bits per heavy atom. The van der Waals surface area contributed by atoms with Gasteiger partial charge < -0.3 is 10.8 Å². The highest BCUT2D eigenvalue weighted by Crippen LogP contribution is 2.43. The molecule has 0 aromatic rings. The molecular formula is C7H13NO. The lowest BCUT2D eigenvalue weighted by atomic mass is 9.94. The quantitative estimate of drug-likeness (QED) is 0.485. The summed E-state index contributed by atoms with van der Waals surface area (Å²) in [7, 11) is 0. The summed E-state index contributed by atoms with van der Waals surface area (Å²) in [5.74, 6) is 1.19. The lowest BCUT2D eigenvalue weighted by Gasteiger charge is -2.20. The topological polar surface area (TPSA) is 46.2 Å². The third-order valence-electron chi connectivity index (χ3n) is 2.87. The predicted octanol–water partition coefficient (Wildman–Crippen LogP) is 0.104. The molecule has 2 nitrogen and oxygen atoms in total. The summed E-state index contributed by atoms with van der Waals surface area (Å²) >= 11 is 0. The van der Waals surface area contributed by atoms with Gasteiger partial charge in [0.2, 0.25) is 0 Å². The normalized spacial score (nSPS) is 56.7. The zero-order valence-corrected chi connectivity index (χ0v) is 5.46. The summed E-state index contributed by atoms with van der Waals surface area (Å²) < 4.78 is 0. The van der Waals surface area contributed by atoms with Crippen LogP contribution in [0.5, 0.6) is 0 Å². The first-order valence-corrected chi connectivity index (χ1v) is 3.71. The fraction of sp³-hybridized carbons (Fsp3) is 1.00. The van der Waals surface area contributed by atoms with Crippen LogP contribution in [-0.4, -0.2) is 17.3 Å². The fourth-order valence-electron chi connectivity index (χ4n) is 2.29. The molecule has 2 aliphatic rings. The fourth-order valence-corrected chi connectivity index (χ4v) is 2.29. The lowest BCUT2D eigenvalue weighted by Crippen LogP contribution is -2.31. The Hall–Kier alpha value is -0.0800. The van der Waals surface area contributed by atoms with Gasteiger partial charge in [0.05, 0.1) is 6.10 Å². The molecule has 2 rings (SSSR count). The molecule has 0 heterocycles. The highest BCUT2D eigenvalue weighted by Gasteiger charge is 2.43. The van der Waals surface area contributed by atoms with Crippen molar-refractivity contribution in [3.8, 4) is 0 Å². The number of aliphatic hydroxyl groups excluding tert-OH is 1. The first kappa shape index (κ1) is 5.69. The molecule has 2 bridgehead atoms. The van der Waals surface area contributed by atoms with Gasteiger partial charge in [-0.15, -0.1) is 0 Å². The minimum Gasteiger partial charge on any atom is -0.393 e. The number of hydrogen-bond acceptors (Lipinski definition) is 2. The standard InChI is InChI=1S/C7H13NO/c8-6-2-5-1-4(6)3-7(5)9/h4-7,9H,1-3,8H2/t4-,5-,6+,7+/m1/s1. The van der Waals surface area contributed by atoms with E-state index in [1.807, 2.05) is 0 Å². The van der Waals surface area contributed by atoms with Crippen molar-refractivity contribution in [2.24, 2.45) is 17.6 Å². The average molecular weight is 127 g/mol. The zero-order valence-electron chi connectivity index (χ0n) is 5.46. The zero-order chi connectivity index (χ0) is 6.43. The largest absolute Gasteiger partial charge is 0.393 e. The molecule has 2 fully saturated rings. The maximum atomic E-state index is 9.28. The van der Waals surface area contributed by atoms with Gasteiger partial charge in [0.15, 0.2) is 0 Å². The van der Waals surface area contributed by atoms with Gasteiger partial charge in [-0.1, -0.05) is 0 Å². The van der Waals surface area contributed by atoms with Crippen LogP contribution in [0.15, 0.2) is 0 Å². The molecule has 9 heavy (non-hydrogen) atoms. The van der Waals surface area contributed by atoms with Crippen LogP contribution in [0.4, 0.5) is 0 Å². The minimum atomic E-state index is -0.0187. The molecule has 0 amide bonds. The van der Waals surface area contributed by atoms with Crippen LogP contribution < -0.4 is 5.73 Å². The Balaban J connectivity index is 2.10. The van der Waals surface area contributed by atoms with E-state index >= 15 is 0 Å². The van der Waals surface area contributed by atoms with E-state index < -0.39 is 0 Å². The van der Waals surface area contributed by atoms with E-state index in [2.05, 4.69) is 0 Å². The van der Waals surface area contributed by atoms with Crippen molar-refractivity contribution in [3.05, 3.63) is 0 Å². The molecule has 4 atom stereocenters. The Morgan fingerprint density at radius 2 is 1.89 bits per heavy atom. The predicted molar refractivity (Wildman–Crippen MR) is 34.8 cm³/mol. The molecule has 2 saturated carbocycles. The molecule has 52 valence electrons. The van der Waals surface area contributed by atoms with E-state index in [1.165, 1.54) is 6.42 Å². The van der Waals surface area contributed by atoms with E-state index in [0.717, 1.165) is 12.8 Å². The highest BCUT2D eigenvalue weighted by molar-refractivity contribution is 4.97. The van der Waals surface area contributed by atoms with Crippen LogP contribution in [0.3, 0.4) is 0 Å². The number of aliphatic hydroxyl groups is 1. The van der Waals surface area contributed by atoms with E-state index in [1.54, 1.807) is 0 Å². The van der Waals surface area contributed by atoms with Gasteiger partial charge in [-0.3, -0.25) is 0 Å². The van der Waals surface area contributed by atoms with Crippen molar-refractivity contribution in [1.82, 2.24) is 0 Å². The summed E-state index contributed by atoms with van der Waals surface area (Å²) in [6, 6.07) is 0.401. The van der Waals surface area contributed by atoms with E-state index in [-0.39, 0.29) is 6.10 Å². The third-order valence-corrected chi connectivity index (χ3v) is 2.87. The van der Waals surface area contributed by atoms with Crippen molar-refractivity contribution in [1.29, 1.82) is 0 Å². The molecule has 0 aliphatic heterocycles. The third kappa shape index (κ3) is 0.700. The minimum absolute atomic E-state index is 0.0187. The molecule has 0 aromatic heterocycles. The van der Waals surface area contributed by atoms with Crippen molar-refractivity contribution < 1.29 is 5.11 Å². The number of fused-ring (bicyclic) bond motifs is 2. The summed E-state index contributed by atoms with van der Waals surface area (Å²) in [6.45, 7) is 0. The first-order chi connectivity index (χ1) is 4.27. The summed E-state index contributed by atoms with van der Waals surface area (Å²) in [5, 5.41) is 9.28. The van der Waals surface area contributed by atoms with Crippen molar-refractivity contribution in [2.45, 2.75) is 31.4 Å². The van der Waals surface area contributed by atoms with Crippen LogP contribution in [0, 0.1) is 11.8 Å². The summed E-state index contributed by atoms with van der Waals surface area (Å²) in [4.78, 5) is 0. The second-order valence-electron chi connectivity index (χ2n) is 3.46. The molecule has 2 heteroatoms. The number of rotatable bonds is 0. The highest BCUT2D eigenvalue weighted by atomic mass is 16.3. The molecule has 2 aliphatic carbocycles. The van der Waals surface area contributed by atoms with Crippen molar-refractivity contribution in [2.75, 3.05) is 0 Å². The second-order valence-corrected chi connectivity index (χ2v) is 3.46. The molecular weight excluding hydrogens is 114 g/mol. The van der Waals surface area contributed by atoms with Crippen LogP contribution in [0.25, 0.3) is 0 Å². The molecule has 0 radical (unpaired) electrons. The summed E-state index contributed by atoms with van der Waals surface area (Å²) in [5.41, 5.74) is 5.77. The van der Waals surface area contributed by atoms with Crippen molar-refractivity contribution in [3.63, 3.8) is 0 Å². The van der Waals surface area contributed by atoms with E-state index in [4.69, 9.17) is 5.73 Å². The van der Waals surface area contributed by atoms with Gasteiger partial charge >= 0.3 is 0 Å². The monoisotopic (exact) mass is 127 g/mol. The van der Waals surface area contributed by atoms with Crippen LogP contribution in [0.2, 0.25) is 0 Å². The smallest absolute Gasteiger partial charge is 0.0572 e. The van der Waals surface area contributed by atoms with Crippen LogP contribution >= 0.6 is 0 Å². The Bertz CT molecular complexity index is 108. The Labute approximate surface area is 55.1 Å². The average Bonchev–Trinajstić information content (AvgIpc) is 2.24. The maximum absolute atomic E-state index is 9.28. The number of nitrogens with two attached hydrogens (primary N) is 1. The second kappa shape index (κ2) is 1.70. The molecule has 3 N–H and O–H groups in total. The first-order valence-electron chi connectivity index (χ1n) is 3.71. The van der Waals surface area contributed by atoms with Crippen molar-refractivity contribution >= 4 is 0 Å². The van der Waals surface area contributed by atoms with Crippen LogP contribution in [0.1, 0.15) is 19.3 Å².